The van der Waals surface area contributed by atoms with Crippen LogP contribution < -0.4 is 10.1 Å². The quantitative estimate of drug-likeness (QED) is 0.170. The molecule has 1 fully saturated rings. The molecule has 53 heavy (non-hydrogen) atoms. The van der Waals surface area contributed by atoms with Crippen LogP contribution in [0.2, 0.25) is 0 Å². The zero-order valence-corrected chi connectivity index (χ0v) is 28.5. The van der Waals surface area contributed by atoms with Crippen LogP contribution in [0.1, 0.15) is 36.1 Å². The fourth-order valence-corrected chi connectivity index (χ4v) is 5.96. The van der Waals surface area contributed by atoms with Crippen molar-refractivity contribution in [2.24, 2.45) is 0 Å². The van der Waals surface area contributed by atoms with Gasteiger partial charge in [-0.25, -0.2) is 19.4 Å². The van der Waals surface area contributed by atoms with Crippen molar-refractivity contribution in [2.75, 3.05) is 52.8 Å². The lowest BCUT2D eigenvalue weighted by atomic mass is 9.72. The predicted octanol–water partition coefficient (Wildman–Crippen LogP) is 5.98. The molecule has 11 nitrogen and oxygen atoms in total. The molecule has 19 heteroatoms. The number of methoxy groups -OCH3 is 1. The fraction of sp³-hybridized carbons (Fsp3) is 0.412. The highest BCUT2D eigenvalue weighted by Gasteiger charge is 2.55. The average Bonchev–Trinajstić information content (AvgIpc) is 3.07. The van der Waals surface area contributed by atoms with Gasteiger partial charge in [0.1, 0.15) is 30.0 Å². The lowest BCUT2D eigenvalue weighted by Crippen LogP contribution is -2.65. The second-order valence-electron chi connectivity index (χ2n) is 12.5. The van der Waals surface area contributed by atoms with Crippen molar-refractivity contribution in [3.8, 4) is 17.0 Å². The number of aliphatic hydroxyl groups excluding tert-OH is 1. The molecule has 2 N–H and O–H groups in total. The van der Waals surface area contributed by atoms with Crippen molar-refractivity contribution in [2.45, 2.75) is 43.7 Å². The van der Waals surface area contributed by atoms with Crippen LogP contribution in [0.3, 0.4) is 0 Å². The maximum absolute atomic E-state index is 15.4. The first-order valence-corrected chi connectivity index (χ1v) is 16.1. The highest BCUT2D eigenvalue weighted by Crippen LogP contribution is 2.47. The maximum atomic E-state index is 15.4. The molecule has 2 heterocycles. The number of ether oxygens (including phenoxy) is 2. The van der Waals surface area contributed by atoms with Gasteiger partial charge in [-0.2, -0.15) is 30.7 Å². The molecule has 2 aromatic carbocycles. The van der Waals surface area contributed by atoms with Crippen LogP contribution >= 0.6 is 0 Å². The van der Waals surface area contributed by atoms with E-state index < -0.39 is 87.4 Å². The average molecular weight is 759 g/mol. The van der Waals surface area contributed by atoms with E-state index in [9.17, 15) is 41.0 Å². The van der Waals surface area contributed by atoms with E-state index in [1.54, 1.807) is 14.2 Å². The molecule has 3 aromatic rings. The number of carbonyl (C=O) groups excluding carboxylic acids is 2. The molecular weight excluding hydrogens is 724 g/mol. The summed E-state index contributed by atoms with van der Waals surface area (Å²) in [4.78, 5) is 36.3. The Morgan fingerprint density at radius 3 is 2.32 bits per heavy atom. The molecule has 0 radical (unpaired) electrons. The van der Waals surface area contributed by atoms with Gasteiger partial charge in [-0.15, -0.1) is 0 Å². The first-order valence-electron chi connectivity index (χ1n) is 16.1. The Balaban J connectivity index is 1.44. The number of aliphatic hydroxyl groups is 1. The summed E-state index contributed by atoms with van der Waals surface area (Å²) >= 11 is 0. The van der Waals surface area contributed by atoms with Gasteiger partial charge in [-0.3, -0.25) is 14.6 Å². The van der Waals surface area contributed by atoms with Crippen LogP contribution in [0, 0.1) is 11.6 Å². The third-order valence-electron chi connectivity index (χ3n) is 9.20. The lowest BCUT2D eigenvalue weighted by molar-refractivity contribution is -0.172. The van der Waals surface area contributed by atoms with Crippen LogP contribution in [-0.4, -0.2) is 94.9 Å². The molecule has 1 aliphatic carbocycles. The number of amides is 2. The number of halogens is 8. The number of nitrogens with one attached hydrogen (secondary N) is 1. The molecule has 2 aliphatic rings. The van der Waals surface area contributed by atoms with Crippen LogP contribution in [0.15, 0.2) is 54.1 Å². The maximum Gasteiger partial charge on any atom is 0.433 e. The van der Waals surface area contributed by atoms with Crippen LogP contribution in [0.4, 0.5) is 40.8 Å². The number of rotatable bonds is 12. The number of nitrogens with zero attached hydrogens (tertiary/aromatic N) is 5. The third kappa shape index (κ3) is 8.06. The number of hydrogen-bond acceptors (Lipinski definition) is 9. The second-order valence-corrected chi connectivity index (χ2v) is 12.5. The zero-order chi connectivity index (χ0) is 38.9. The van der Waals surface area contributed by atoms with E-state index in [1.165, 1.54) is 24.2 Å². The normalized spacial score (nSPS) is 16.4. The number of hydrazine groups is 1. The van der Waals surface area contributed by atoms with E-state index in [0.717, 1.165) is 11.1 Å². The van der Waals surface area contributed by atoms with Gasteiger partial charge < -0.3 is 24.8 Å². The zero-order valence-electron chi connectivity index (χ0n) is 28.5. The van der Waals surface area contributed by atoms with Crippen molar-refractivity contribution in [3.63, 3.8) is 0 Å². The predicted molar refractivity (Wildman–Crippen MR) is 172 cm³/mol. The number of anilines is 1. The first kappa shape index (κ1) is 39.3. The number of carbonyl (C=O) groups is 2. The summed E-state index contributed by atoms with van der Waals surface area (Å²) < 4.78 is 122. The summed E-state index contributed by atoms with van der Waals surface area (Å²) in [5, 5.41) is 15.8. The van der Waals surface area contributed by atoms with E-state index >= 15 is 8.78 Å². The van der Waals surface area contributed by atoms with Crippen molar-refractivity contribution in [3.05, 3.63) is 82.5 Å². The Labute approximate surface area is 297 Å². The number of benzene rings is 2. The number of alkyl halides is 6. The molecule has 0 saturated heterocycles. The highest BCUT2D eigenvalue weighted by molar-refractivity contribution is 6.24. The van der Waals surface area contributed by atoms with Crippen LogP contribution in [-0.2, 0) is 33.2 Å². The minimum Gasteiger partial charge on any atom is -0.509 e. The van der Waals surface area contributed by atoms with Crippen molar-refractivity contribution < 1.29 is 59.3 Å². The van der Waals surface area contributed by atoms with Gasteiger partial charge in [0, 0.05) is 38.4 Å². The second kappa shape index (κ2) is 15.2. The Kier molecular flexibility index (Phi) is 11.3. The fourth-order valence-electron chi connectivity index (χ4n) is 5.96. The van der Waals surface area contributed by atoms with Gasteiger partial charge in [0.25, 0.3) is 11.8 Å². The Bertz CT molecular complexity index is 1900. The standard InChI is InChI=1S/C34H34F8N6O5/c1-46(11-13-52-3)12-14-53-24-8-5-19(27(35)28(24)36)17-48-31(51)26(29(49)32(47(48)2)9-4-10-32)30(50)45-22-7-6-20(33(37,38)39)15-21(22)23-16-25(34(40,41)42)44-18-43-23/h5-8,15-16,18,49H,4,9-14,17H2,1-3H3,(H,45,50). The molecule has 1 aliphatic heterocycles. The molecule has 2 amide bonds. The molecule has 0 bridgehead atoms. The largest absolute Gasteiger partial charge is 0.509 e. The Hall–Kier alpha value is -4.88. The van der Waals surface area contributed by atoms with E-state index in [2.05, 4.69) is 15.3 Å². The molecular formula is C34H34F8N6O5. The molecule has 0 unspecified atom stereocenters. The first-order chi connectivity index (χ1) is 24.9. The van der Waals surface area contributed by atoms with Gasteiger partial charge in [0.05, 0.1) is 35.6 Å². The number of likely N-dealkylation sites (N-methyl/N-ethyl adjacent to an activating group) is 2. The molecule has 5 rings (SSSR count). The number of hydrogen-bond donors (Lipinski definition) is 2. The van der Waals surface area contributed by atoms with E-state index in [4.69, 9.17) is 9.47 Å². The molecule has 1 aromatic heterocycles. The third-order valence-corrected chi connectivity index (χ3v) is 9.20. The minimum atomic E-state index is -4.99. The van der Waals surface area contributed by atoms with Crippen LogP contribution in [0.5, 0.6) is 5.75 Å². The summed E-state index contributed by atoms with van der Waals surface area (Å²) in [6.45, 7) is 0.825. The Morgan fingerprint density at radius 2 is 1.70 bits per heavy atom. The van der Waals surface area contributed by atoms with Crippen molar-refractivity contribution >= 4 is 17.5 Å². The summed E-state index contributed by atoms with van der Waals surface area (Å²) in [5.41, 5.74) is -6.97. The van der Waals surface area contributed by atoms with Crippen molar-refractivity contribution in [1.29, 1.82) is 0 Å². The molecule has 1 spiro atoms. The lowest BCUT2D eigenvalue weighted by Gasteiger charge is -2.54. The van der Waals surface area contributed by atoms with Gasteiger partial charge in [0.2, 0.25) is 5.82 Å². The van der Waals surface area contributed by atoms with Gasteiger partial charge in [0.15, 0.2) is 11.6 Å². The van der Waals surface area contributed by atoms with Crippen LogP contribution in [0.25, 0.3) is 11.3 Å². The van der Waals surface area contributed by atoms with Crippen molar-refractivity contribution in [1.82, 2.24) is 24.9 Å². The van der Waals surface area contributed by atoms with E-state index in [0.29, 0.717) is 50.6 Å². The van der Waals surface area contributed by atoms with E-state index in [-0.39, 0.29) is 30.8 Å². The number of aromatic nitrogens is 2. The van der Waals surface area contributed by atoms with E-state index in [1.807, 2.05) is 4.90 Å². The minimum absolute atomic E-state index is 0.0235. The Morgan fingerprint density at radius 1 is 1.00 bits per heavy atom. The smallest absolute Gasteiger partial charge is 0.433 e. The summed E-state index contributed by atoms with van der Waals surface area (Å²) in [6.07, 6.45) is -8.45. The van der Waals surface area contributed by atoms with Gasteiger partial charge >= 0.3 is 12.4 Å². The summed E-state index contributed by atoms with van der Waals surface area (Å²) in [5.74, 6) is -6.21. The topological polar surface area (TPSA) is 120 Å². The summed E-state index contributed by atoms with van der Waals surface area (Å²) in [6, 6.07) is 4.55. The highest BCUT2D eigenvalue weighted by atomic mass is 19.4. The molecule has 1 saturated carbocycles. The monoisotopic (exact) mass is 758 g/mol. The SMILES string of the molecule is COCCN(C)CCOc1ccc(CN2C(=O)C(C(=O)Nc3ccc(C(F)(F)F)cc3-c3cc(C(F)(F)F)ncn3)=C(O)C3(CCC3)N2C)c(F)c1F. The molecule has 0 atom stereocenters. The van der Waals surface area contributed by atoms with Gasteiger partial charge in [-0.1, -0.05) is 6.07 Å². The molecule has 286 valence electrons. The van der Waals surface area contributed by atoms with Gasteiger partial charge in [-0.05, 0) is 56.6 Å². The summed E-state index contributed by atoms with van der Waals surface area (Å²) in [7, 11) is 4.74.